The van der Waals surface area contributed by atoms with E-state index in [-0.39, 0.29) is 12.5 Å². The van der Waals surface area contributed by atoms with E-state index in [1.54, 1.807) is 31.4 Å². The molecule has 0 radical (unpaired) electrons. The number of carbonyl (C=O) groups excluding carboxylic acids is 2. The standard InChI is InChI=1S/C18H19NO4/c1-13(20)19-11-14-7-9-15(10-8-14)18(21)23-12-16-5-3-4-6-17(16)22-2/h3-10H,11-12H2,1-2H3,(H,19,20). The van der Waals surface area contributed by atoms with Crippen LogP contribution in [0.1, 0.15) is 28.4 Å². The molecule has 120 valence electrons. The number of esters is 1. The molecule has 23 heavy (non-hydrogen) atoms. The second kappa shape index (κ2) is 7.98. The first-order valence-electron chi connectivity index (χ1n) is 7.22. The van der Waals surface area contributed by atoms with E-state index in [0.717, 1.165) is 11.1 Å². The summed E-state index contributed by atoms with van der Waals surface area (Å²) in [5, 5.41) is 2.70. The maximum atomic E-state index is 12.1. The van der Waals surface area contributed by atoms with E-state index < -0.39 is 5.97 Å². The second-order valence-corrected chi connectivity index (χ2v) is 4.99. The van der Waals surface area contributed by atoms with Gasteiger partial charge in [-0.15, -0.1) is 0 Å². The second-order valence-electron chi connectivity index (χ2n) is 4.99. The summed E-state index contributed by atoms with van der Waals surface area (Å²) in [6, 6.07) is 14.3. The highest BCUT2D eigenvalue weighted by atomic mass is 16.5. The van der Waals surface area contributed by atoms with Crippen LogP contribution in [0.5, 0.6) is 5.75 Å². The van der Waals surface area contributed by atoms with E-state index in [0.29, 0.717) is 17.9 Å². The fourth-order valence-corrected chi connectivity index (χ4v) is 2.03. The first-order chi connectivity index (χ1) is 11.1. The number of benzene rings is 2. The van der Waals surface area contributed by atoms with Crippen molar-refractivity contribution in [1.29, 1.82) is 0 Å². The summed E-state index contributed by atoms with van der Waals surface area (Å²) >= 11 is 0. The van der Waals surface area contributed by atoms with Crippen molar-refractivity contribution >= 4 is 11.9 Å². The van der Waals surface area contributed by atoms with Gasteiger partial charge in [0.15, 0.2) is 0 Å². The molecule has 2 rings (SSSR count). The molecule has 0 unspecified atom stereocenters. The number of hydrogen-bond acceptors (Lipinski definition) is 4. The van der Waals surface area contributed by atoms with E-state index in [2.05, 4.69) is 5.32 Å². The molecule has 0 atom stereocenters. The van der Waals surface area contributed by atoms with Crippen molar-refractivity contribution in [2.75, 3.05) is 7.11 Å². The van der Waals surface area contributed by atoms with Gasteiger partial charge in [-0.3, -0.25) is 4.79 Å². The van der Waals surface area contributed by atoms with Crippen LogP contribution in [0, 0.1) is 0 Å². The lowest BCUT2D eigenvalue weighted by atomic mass is 10.1. The van der Waals surface area contributed by atoms with Crippen molar-refractivity contribution in [3.05, 3.63) is 65.2 Å². The van der Waals surface area contributed by atoms with Crippen LogP contribution in [0.15, 0.2) is 48.5 Å². The van der Waals surface area contributed by atoms with E-state index in [1.807, 2.05) is 24.3 Å². The Hall–Kier alpha value is -2.82. The molecule has 2 aromatic rings. The zero-order valence-corrected chi connectivity index (χ0v) is 13.2. The topological polar surface area (TPSA) is 64.6 Å². The Bertz CT molecular complexity index is 680. The summed E-state index contributed by atoms with van der Waals surface area (Å²) in [5.74, 6) is 0.193. The van der Waals surface area contributed by atoms with Gasteiger partial charge in [0, 0.05) is 19.0 Å². The molecule has 5 nitrogen and oxygen atoms in total. The molecule has 0 saturated carbocycles. The predicted octanol–water partition coefficient (Wildman–Crippen LogP) is 2.69. The van der Waals surface area contributed by atoms with E-state index in [1.165, 1.54) is 6.92 Å². The average Bonchev–Trinajstić information content (AvgIpc) is 2.58. The zero-order chi connectivity index (χ0) is 16.7. The molecule has 1 N–H and O–H groups in total. The SMILES string of the molecule is COc1ccccc1COC(=O)c1ccc(CNC(C)=O)cc1. The monoisotopic (exact) mass is 313 g/mol. The summed E-state index contributed by atoms with van der Waals surface area (Å²) in [4.78, 5) is 22.9. The molecule has 5 heteroatoms. The number of amides is 1. The predicted molar refractivity (Wildman–Crippen MR) is 86.1 cm³/mol. The Morgan fingerprint density at radius 3 is 2.39 bits per heavy atom. The Morgan fingerprint density at radius 1 is 1.04 bits per heavy atom. The van der Waals surface area contributed by atoms with Crippen molar-refractivity contribution in [3.8, 4) is 5.75 Å². The molecule has 0 bridgehead atoms. The van der Waals surface area contributed by atoms with Gasteiger partial charge in [-0.05, 0) is 23.8 Å². The highest BCUT2D eigenvalue weighted by molar-refractivity contribution is 5.89. The Kier molecular flexibility index (Phi) is 5.74. The van der Waals surface area contributed by atoms with E-state index >= 15 is 0 Å². The lowest BCUT2D eigenvalue weighted by Crippen LogP contribution is -2.18. The molecule has 0 aliphatic carbocycles. The Balaban J connectivity index is 1.94. The number of methoxy groups -OCH3 is 1. The third-order valence-corrected chi connectivity index (χ3v) is 3.28. The van der Waals surface area contributed by atoms with Crippen LogP contribution in [-0.4, -0.2) is 19.0 Å². The number of hydrogen-bond donors (Lipinski definition) is 1. The molecule has 2 aromatic carbocycles. The Morgan fingerprint density at radius 2 is 1.74 bits per heavy atom. The van der Waals surface area contributed by atoms with Crippen LogP contribution in [-0.2, 0) is 22.7 Å². The summed E-state index contributed by atoms with van der Waals surface area (Å²) in [5.41, 5.74) is 2.19. The van der Waals surface area contributed by atoms with Crippen LogP contribution >= 0.6 is 0 Å². The van der Waals surface area contributed by atoms with Gasteiger partial charge >= 0.3 is 5.97 Å². The zero-order valence-electron chi connectivity index (χ0n) is 13.2. The van der Waals surface area contributed by atoms with Gasteiger partial charge in [-0.25, -0.2) is 4.79 Å². The molecular formula is C18H19NO4. The minimum Gasteiger partial charge on any atom is -0.496 e. The summed E-state index contributed by atoms with van der Waals surface area (Å²) in [7, 11) is 1.58. The van der Waals surface area contributed by atoms with Gasteiger partial charge in [-0.1, -0.05) is 30.3 Å². The van der Waals surface area contributed by atoms with Crippen LogP contribution in [0.2, 0.25) is 0 Å². The number of nitrogens with one attached hydrogen (secondary N) is 1. The van der Waals surface area contributed by atoms with Gasteiger partial charge in [0.05, 0.1) is 12.7 Å². The summed E-state index contributed by atoms with van der Waals surface area (Å²) in [6.45, 7) is 2.05. The van der Waals surface area contributed by atoms with Crippen molar-refractivity contribution in [2.45, 2.75) is 20.1 Å². The van der Waals surface area contributed by atoms with Gasteiger partial charge in [0.1, 0.15) is 12.4 Å². The molecule has 0 aromatic heterocycles. The van der Waals surface area contributed by atoms with E-state index in [4.69, 9.17) is 9.47 Å². The van der Waals surface area contributed by atoms with Crippen LogP contribution in [0.4, 0.5) is 0 Å². The average molecular weight is 313 g/mol. The lowest BCUT2D eigenvalue weighted by Gasteiger charge is -2.09. The normalized spacial score (nSPS) is 10.0. The highest BCUT2D eigenvalue weighted by Gasteiger charge is 2.09. The minimum absolute atomic E-state index is 0.0923. The maximum Gasteiger partial charge on any atom is 0.338 e. The summed E-state index contributed by atoms with van der Waals surface area (Å²) in [6.07, 6.45) is 0. The van der Waals surface area contributed by atoms with Crippen LogP contribution < -0.4 is 10.1 Å². The summed E-state index contributed by atoms with van der Waals surface area (Å²) < 4.78 is 10.5. The van der Waals surface area contributed by atoms with Gasteiger partial charge < -0.3 is 14.8 Å². The van der Waals surface area contributed by atoms with Gasteiger partial charge in [0.2, 0.25) is 5.91 Å². The number of para-hydroxylation sites is 1. The first kappa shape index (κ1) is 16.5. The molecular weight excluding hydrogens is 294 g/mol. The fraction of sp³-hybridized carbons (Fsp3) is 0.222. The fourth-order valence-electron chi connectivity index (χ4n) is 2.03. The molecule has 0 heterocycles. The number of carbonyl (C=O) groups is 2. The third-order valence-electron chi connectivity index (χ3n) is 3.28. The maximum absolute atomic E-state index is 12.1. The number of rotatable bonds is 6. The molecule has 0 saturated heterocycles. The van der Waals surface area contributed by atoms with Crippen molar-refractivity contribution < 1.29 is 19.1 Å². The third kappa shape index (κ3) is 4.85. The van der Waals surface area contributed by atoms with Gasteiger partial charge in [-0.2, -0.15) is 0 Å². The van der Waals surface area contributed by atoms with Crippen molar-refractivity contribution in [2.24, 2.45) is 0 Å². The minimum atomic E-state index is -0.401. The largest absolute Gasteiger partial charge is 0.496 e. The molecule has 0 fully saturated rings. The molecule has 1 amide bonds. The van der Waals surface area contributed by atoms with E-state index in [9.17, 15) is 9.59 Å². The lowest BCUT2D eigenvalue weighted by molar-refractivity contribution is -0.119. The van der Waals surface area contributed by atoms with Crippen molar-refractivity contribution in [1.82, 2.24) is 5.32 Å². The number of ether oxygens (including phenoxy) is 2. The first-order valence-corrected chi connectivity index (χ1v) is 7.22. The van der Waals surface area contributed by atoms with Crippen molar-refractivity contribution in [3.63, 3.8) is 0 Å². The van der Waals surface area contributed by atoms with Gasteiger partial charge in [0.25, 0.3) is 0 Å². The smallest absolute Gasteiger partial charge is 0.338 e. The highest BCUT2D eigenvalue weighted by Crippen LogP contribution is 2.18. The van der Waals surface area contributed by atoms with Crippen LogP contribution in [0.3, 0.4) is 0 Å². The molecule has 0 spiro atoms. The quantitative estimate of drug-likeness (QED) is 0.833. The van der Waals surface area contributed by atoms with Crippen LogP contribution in [0.25, 0.3) is 0 Å². The Labute approximate surface area is 135 Å². The molecule has 0 aliphatic heterocycles. The molecule has 0 aliphatic rings.